The van der Waals surface area contributed by atoms with E-state index in [0.29, 0.717) is 5.69 Å². The van der Waals surface area contributed by atoms with Gasteiger partial charge in [-0.05, 0) is 23.8 Å². The molecule has 1 unspecified atom stereocenters. The standard InChI is InChI=1S/C14H14N2O4S/c17-14(15-18)12-7-4-8-13(9-12)16(21(19)20)10-11-5-2-1-3-6-11/h1-9,18H,10H2,(H,15,17)(H,19,20). The molecule has 0 aromatic heterocycles. The van der Waals surface area contributed by atoms with Gasteiger partial charge in [-0.25, -0.2) is 9.69 Å². The Labute approximate surface area is 124 Å². The normalized spacial score (nSPS) is 11.7. The number of nitrogens with one attached hydrogen (secondary N) is 1. The van der Waals surface area contributed by atoms with Crippen LogP contribution in [0.5, 0.6) is 0 Å². The summed E-state index contributed by atoms with van der Waals surface area (Å²) in [4.78, 5) is 11.4. The van der Waals surface area contributed by atoms with Crippen LogP contribution in [-0.2, 0) is 17.8 Å². The van der Waals surface area contributed by atoms with Crippen molar-refractivity contribution in [3.05, 3.63) is 65.7 Å². The van der Waals surface area contributed by atoms with Crippen molar-refractivity contribution in [2.75, 3.05) is 4.31 Å². The van der Waals surface area contributed by atoms with Gasteiger partial charge in [0.25, 0.3) is 17.2 Å². The molecule has 110 valence electrons. The zero-order chi connectivity index (χ0) is 15.2. The van der Waals surface area contributed by atoms with E-state index >= 15 is 0 Å². The van der Waals surface area contributed by atoms with E-state index in [1.165, 1.54) is 21.9 Å². The molecule has 21 heavy (non-hydrogen) atoms. The van der Waals surface area contributed by atoms with Crippen LogP contribution in [0.15, 0.2) is 54.6 Å². The number of carbonyl (C=O) groups excluding carboxylic acids is 1. The quantitative estimate of drug-likeness (QED) is 0.447. The summed E-state index contributed by atoms with van der Waals surface area (Å²) < 4.78 is 22.2. The summed E-state index contributed by atoms with van der Waals surface area (Å²) >= 11 is -2.24. The van der Waals surface area contributed by atoms with Gasteiger partial charge in [-0.1, -0.05) is 36.4 Å². The van der Waals surface area contributed by atoms with E-state index in [2.05, 4.69) is 0 Å². The Morgan fingerprint density at radius 2 is 1.86 bits per heavy atom. The largest absolute Gasteiger partial charge is 0.289 e. The van der Waals surface area contributed by atoms with Gasteiger partial charge < -0.3 is 0 Å². The van der Waals surface area contributed by atoms with Crippen LogP contribution in [0.3, 0.4) is 0 Å². The zero-order valence-corrected chi connectivity index (χ0v) is 11.8. The highest BCUT2D eigenvalue weighted by atomic mass is 32.2. The highest BCUT2D eigenvalue weighted by Gasteiger charge is 2.15. The van der Waals surface area contributed by atoms with E-state index in [9.17, 15) is 13.6 Å². The minimum atomic E-state index is -2.24. The van der Waals surface area contributed by atoms with Gasteiger partial charge in [0, 0.05) is 5.56 Å². The van der Waals surface area contributed by atoms with Crippen LogP contribution < -0.4 is 9.79 Å². The molecule has 1 amide bonds. The monoisotopic (exact) mass is 306 g/mol. The predicted molar refractivity (Wildman–Crippen MR) is 79.1 cm³/mol. The summed E-state index contributed by atoms with van der Waals surface area (Å²) in [5.41, 5.74) is 2.99. The third-order valence-electron chi connectivity index (χ3n) is 2.86. The fourth-order valence-electron chi connectivity index (χ4n) is 1.85. The summed E-state index contributed by atoms with van der Waals surface area (Å²) in [5, 5.41) is 8.64. The first-order valence-corrected chi connectivity index (χ1v) is 7.15. The molecule has 0 heterocycles. The Morgan fingerprint density at radius 1 is 1.14 bits per heavy atom. The van der Waals surface area contributed by atoms with Crippen LogP contribution in [0.1, 0.15) is 15.9 Å². The molecule has 0 spiro atoms. The van der Waals surface area contributed by atoms with Crippen LogP contribution in [-0.4, -0.2) is 19.9 Å². The number of hydrogen-bond acceptors (Lipinski definition) is 3. The number of hydroxylamine groups is 1. The number of rotatable bonds is 5. The van der Waals surface area contributed by atoms with Crippen molar-refractivity contribution in [2.24, 2.45) is 0 Å². The SMILES string of the molecule is O=C(NO)c1cccc(N(Cc2ccccc2)S(=O)O)c1. The van der Waals surface area contributed by atoms with Crippen LogP contribution in [0, 0.1) is 0 Å². The molecular weight excluding hydrogens is 292 g/mol. The summed E-state index contributed by atoms with van der Waals surface area (Å²) in [6.07, 6.45) is 0. The first kappa shape index (κ1) is 15.2. The summed E-state index contributed by atoms with van der Waals surface area (Å²) in [5.74, 6) is -0.680. The van der Waals surface area contributed by atoms with Crippen molar-refractivity contribution in [2.45, 2.75) is 6.54 Å². The summed E-state index contributed by atoms with van der Waals surface area (Å²) in [7, 11) is 0. The van der Waals surface area contributed by atoms with Crippen molar-refractivity contribution in [3.8, 4) is 0 Å². The van der Waals surface area contributed by atoms with E-state index in [4.69, 9.17) is 5.21 Å². The molecule has 0 aliphatic rings. The average Bonchev–Trinajstić information content (AvgIpc) is 2.52. The first-order valence-electron chi connectivity index (χ1n) is 6.08. The second-order valence-corrected chi connectivity index (χ2v) is 5.15. The van der Waals surface area contributed by atoms with E-state index in [1.807, 2.05) is 30.3 Å². The molecule has 7 heteroatoms. The van der Waals surface area contributed by atoms with Crippen LogP contribution in [0.2, 0.25) is 0 Å². The van der Waals surface area contributed by atoms with Crippen molar-refractivity contribution >= 4 is 22.9 Å². The van der Waals surface area contributed by atoms with Crippen LogP contribution >= 0.6 is 0 Å². The number of carbonyl (C=O) groups is 1. The van der Waals surface area contributed by atoms with E-state index in [0.717, 1.165) is 5.56 Å². The summed E-state index contributed by atoms with van der Waals surface area (Å²) in [6.45, 7) is 0.216. The maximum Gasteiger partial charge on any atom is 0.274 e. The van der Waals surface area contributed by atoms with Gasteiger partial charge in [0.2, 0.25) is 0 Å². The molecule has 0 aliphatic carbocycles. The van der Waals surface area contributed by atoms with Gasteiger partial charge in [-0.2, -0.15) is 0 Å². The zero-order valence-electron chi connectivity index (χ0n) is 11.0. The Kier molecular flexibility index (Phi) is 5.04. The van der Waals surface area contributed by atoms with Crippen molar-refractivity contribution in [1.29, 1.82) is 0 Å². The van der Waals surface area contributed by atoms with Crippen LogP contribution in [0.25, 0.3) is 0 Å². The molecule has 0 saturated heterocycles. The first-order chi connectivity index (χ1) is 10.1. The molecule has 0 saturated carbocycles. The highest BCUT2D eigenvalue weighted by molar-refractivity contribution is 7.80. The Balaban J connectivity index is 2.30. The van der Waals surface area contributed by atoms with E-state index in [-0.39, 0.29) is 12.1 Å². The predicted octanol–water partition coefficient (Wildman–Crippen LogP) is 1.95. The number of nitrogens with zero attached hydrogens (tertiary/aromatic N) is 1. The summed E-state index contributed by atoms with van der Waals surface area (Å²) in [6, 6.07) is 15.3. The lowest BCUT2D eigenvalue weighted by atomic mass is 10.1. The van der Waals surface area contributed by atoms with Gasteiger partial charge in [-0.15, -0.1) is 0 Å². The van der Waals surface area contributed by atoms with Crippen molar-refractivity contribution in [1.82, 2.24) is 5.48 Å². The van der Waals surface area contributed by atoms with Crippen molar-refractivity contribution < 1.29 is 18.8 Å². The molecule has 0 fully saturated rings. The minimum Gasteiger partial charge on any atom is -0.289 e. The Morgan fingerprint density at radius 3 is 2.48 bits per heavy atom. The number of anilines is 1. The van der Waals surface area contributed by atoms with E-state index < -0.39 is 17.2 Å². The maximum absolute atomic E-state index is 11.5. The van der Waals surface area contributed by atoms with Gasteiger partial charge in [0.15, 0.2) is 0 Å². The fourth-order valence-corrected chi connectivity index (χ4v) is 2.41. The molecule has 0 radical (unpaired) electrons. The third kappa shape index (κ3) is 3.88. The van der Waals surface area contributed by atoms with E-state index in [1.54, 1.807) is 12.1 Å². The molecule has 2 aromatic carbocycles. The lowest BCUT2D eigenvalue weighted by Gasteiger charge is -2.20. The molecule has 6 nitrogen and oxygen atoms in total. The number of benzene rings is 2. The Hall–Kier alpha value is -2.22. The third-order valence-corrected chi connectivity index (χ3v) is 3.57. The van der Waals surface area contributed by atoms with Gasteiger partial charge in [0.05, 0.1) is 12.2 Å². The van der Waals surface area contributed by atoms with Crippen LogP contribution in [0.4, 0.5) is 5.69 Å². The van der Waals surface area contributed by atoms with Gasteiger partial charge in [0.1, 0.15) is 0 Å². The number of hydrogen-bond donors (Lipinski definition) is 3. The molecule has 2 aromatic rings. The molecule has 0 bridgehead atoms. The smallest absolute Gasteiger partial charge is 0.274 e. The molecule has 3 N–H and O–H groups in total. The van der Waals surface area contributed by atoms with Gasteiger partial charge in [-0.3, -0.25) is 18.9 Å². The second kappa shape index (κ2) is 6.98. The molecule has 0 aliphatic heterocycles. The molecular formula is C14H14N2O4S. The topological polar surface area (TPSA) is 89.9 Å². The van der Waals surface area contributed by atoms with Crippen molar-refractivity contribution in [3.63, 3.8) is 0 Å². The molecule has 1 atom stereocenters. The fraction of sp³-hybridized carbons (Fsp3) is 0.0714. The number of amides is 1. The highest BCUT2D eigenvalue weighted by Crippen LogP contribution is 2.20. The Bertz CT molecular complexity index is 648. The second-order valence-electron chi connectivity index (χ2n) is 4.24. The maximum atomic E-state index is 11.5. The minimum absolute atomic E-state index is 0.193. The average molecular weight is 306 g/mol. The lowest BCUT2D eigenvalue weighted by Crippen LogP contribution is -2.25. The lowest BCUT2D eigenvalue weighted by molar-refractivity contribution is 0.0706. The molecule has 2 rings (SSSR count). The van der Waals surface area contributed by atoms with Gasteiger partial charge >= 0.3 is 0 Å².